The van der Waals surface area contributed by atoms with Crippen molar-refractivity contribution in [2.75, 3.05) is 30.8 Å². The molecule has 0 bridgehead atoms. The Hall–Kier alpha value is -3.39. The van der Waals surface area contributed by atoms with E-state index in [0.29, 0.717) is 52.4 Å². The first-order valence-corrected chi connectivity index (χ1v) is 9.25. The molecule has 148 valence electrons. The van der Waals surface area contributed by atoms with E-state index in [-0.39, 0.29) is 11.5 Å². The lowest BCUT2D eigenvalue weighted by atomic mass is 10.1. The number of benzene rings is 1. The summed E-state index contributed by atoms with van der Waals surface area (Å²) in [6.45, 7) is 1.02. The summed E-state index contributed by atoms with van der Waals surface area (Å²) in [5.74, 6) is 0.233. The Balaban J connectivity index is 1.83. The standard InChI is InChI=1S/C20H17ClFN5O2/c1-23-20(28)13-10-24-5-4-15(13)26-17-9-16(12-8-11(21)2-3-14(12)22)27-19-18(17)29-7-6-25-19/h2-5,8-10H,6-7H2,1H3,(H,23,28)(H2,24,25,26,27). The quantitative estimate of drug-likeness (QED) is 0.602. The molecule has 1 aromatic carbocycles. The molecule has 3 N–H and O–H groups in total. The number of carbonyl (C=O) groups excluding carboxylic acids is 1. The van der Waals surface area contributed by atoms with Gasteiger partial charge in [0.1, 0.15) is 12.4 Å². The average Bonchev–Trinajstić information content (AvgIpc) is 2.75. The summed E-state index contributed by atoms with van der Waals surface area (Å²) in [5.41, 5.74) is 2.06. The van der Waals surface area contributed by atoms with Crippen LogP contribution in [0.3, 0.4) is 0 Å². The molecule has 1 amide bonds. The number of carbonyl (C=O) groups is 1. The molecule has 0 spiro atoms. The third kappa shape index (κ3) is 3.79. The fraction of sp³-hybridized carbons (Fsp3) is 0.150. The summed E-state index contributed by atoms with van der Waals surface area (Å²) in [6, 6.07) is 7.62. The van der Waals surface area contributed by atoms with Crippen LogP contribution >= 0.6 is 11.6 Å². The van der Waals surface area contributed by atoms with Gasteiger partial charge in [0.05, 0.1) is 29.2 Å². The molecule has 29 heavy (non-hydrogen) atoms. The number of anilines is 3. The summed E-state index contributed by atoms with van der Waals surface area (Å²) in [5, 5.41) is 9.34. The molecule has 3 aromatic rings. The number of nitrogens with zero attached hydrogens (tertiary/aromatic N) is 2. The van der Waals surface area contributed by atoms with Crippen molar-refractivity contribution in [3.63, 3.8) is 0 Å². The summed E-state index contributed by atoms with van der Waals surface area (Å²) in [4.78, 5) is 20.7. The molecule has 0 radical (unpaired) electrons. The highest BCUT2D eigenvalue weighted by Gasteiger charge is 2.21. The van der Waals surface area contributed by atoms with Crippen molar-refractivity contribution < 1.29 is 13.9 Å². The zero-order chi connectivity index (χ0) is 20.4. The van der Waals surface area contributed by atoms with E-state index in [1.54, 1.807) is 25.4 Å². The van der Waals surface area contributed by atoms with Gasteiger partial charge in [0.2, 0.25) is 0 Å². The molecule has 0 unspecified atom stereocenters. The highest BCUT2D eigenvalue weighted by Crippen LogP contribution is 2.40. The van der Waals surface area contributed by atoms with Crippen molar-refractivity contribution in [3.05, 3.63) is 59.1 Å². The summed E-state index contributed by atoms with van der Waals surface area (Å²) >= 11 is 6.05. The number of halogens is 2. The van der Waals surface area contributed by atoms with Crippen LogP contribution in [0.4, 0.5) is 21.6 Å². The van der Waals surface area contributed by atoms with Crippen LogP contribution in [-0.4, -0.2) is 36.1 Å². The monoisotopic (exact) mass is 413 g/mol. The molecular weight excluding hydrogens is 397 g/mol. The minimum atomic E-state index is -0.445. The normalized spacial score (nSPS) is 12.4. The third-order valence-corrected chi connectivity index (χ3v) is 4.62. The minimum absolute atomic E-state index is 0.261. The maximum atomic E-state index is 14.4. The number of rotatable bonds is 4. The first kappa shape index (κ1) is 18.9. The van der Waals surface area contributed by atoms with Gasteiger partial charge < -0.3 is 20.7 Å². The summed E-state index contributed by atoms with van der Waals surface area (Å²) in [7, 11) is 1.54. The topological polar surface area (TPSA) is 88.2 Å². The molecule has 1 aliphatic rings. The predicted molar refractivity (Wildman–Crippen MR) is 110 cm³/mol. The number of aromatic nitrogens is 2. The molecule has 2 aromatic heterocycles. The molecule has 9 heteroatoms. The zero-order valence-electron chi connectivity index (χ0n) is 15.4. The van der Waals surface area contributed by atoms with E-state index in [2.05, 4.69) is 25.9 Å². The van der Waals surface area contributed by atoms with E-state index in [4.69, 9.17) is 16.3 Å². The van der Waals surface area contributed by atoms with Crippen molar-refractivity contribution in [2.45, 2.75) is 0 Å². The second kappa shape index (κ2) is 7.92. The maximum Gasteiger partial charge on any atom is 0.254 e. The summed E-state index contributed by atoms with van der Waals surface area (Å²) in [6.07, 6.45) is 3.03. The van der Waals surface area contributed by atoms with E-state index >= 15 is 0 Å². The maximum absolute atomic E-state index is 14.4. The van der Waals surface area contributed by atoms with Crippen LogP contribution in [-0.2, 0) is 0 Å². The lowest BCUT2D eigenvalue weighted by Gasteiger charge is -2.23. The number of hydrogen-bond donors (Lipinski definition) is 3. The number of pyridine rings is 2. The van der Waals surface area contributed by atoms with Crippen molar-refractivity contribution in [2.24, 2.45) is 0 Å². The fourth-order valence-corrected chi connectivity index (χ4v) is 3.18. The molecule has 4 rings (SSSR count). The highest BCUT2D eigenvalue weighted by molar-refractivity contribution is 6.30. The van der Waals surface area contributed by atoms with Crippen LogP contribution < -0.4 is 20.7 Å². The number of ether oxygens (including phenoxy) is 1. The van der Waals surface area contributed by atoms with Crippen molar-refractivity contribution in [1.29, 1.82) is 0 Å². The Bertz CT molecular complexity index is 1090. The van der Waals surface area contributed by atoms with Crippen LogP contribution in [0.25, 0.3) is 11.3 Å². The molecule has 0 aliphatic carbocycles. The van der Waals surface area contributed by atoms with Gasteiger partial charge in [-0.1, -0.05) is 11.6 Å². The first-order valence-electron chi connectivity index (χ1n) is 8.87. The van der Waals surface area contributed by atoms with E-state index < -0.39 is 5.82 Å². The molecule has 0 saturated carbocycles. The van der Waals surface area contributed by atoms with Gasteiger partial charge in [-0.15, -0.1) is 0 Å². The van der Waals surface area contributed by atoms with Crippen molar-refractivity contribution in [1.82, 2.24) is 15.3 Å². The molecule has 0 atom stereocenters. The van der Waals surface area contributed by atoms with E-state index in [1.807, 2.05) is 0 Å². The van der Waals surface area contributed by atoms with E-state index in [9.17, 15) is 9.18 Å². The van der Waals surface area contributed by atoms with Crippen LogP contribution in [0.2, 0.25) is 5.02 Å². The van der Waals surface area contributed by atoms with Crippen LogP contribution in [0.15, 0.2) is 42.7 Å². The SMILES string of the molecule is CNC(=O)c1cnccc1Nc1cc(-c2cc(Cl)ccc2F)nc2c1OCCN2. The Morgan fingerprint density at radius 2 is 2.14 bits per heavy atom. The van der Waals surface area contributed by atoms with Gasteiger partial charge in [-0.3, -0.25) is 9.78 Å². The first-order chi connectivity index (χ1) is 14.1. The van der Waals surface area contributed by atoms with Gasteiger partial charge >= 0.3 is 0 Å². The molecule has 7 nitrogen and oxygen atoms in total. The number of fused-ring (bicyclic) bond motifs is 1. The number of nitrogens with one attached hydrogen (secondary N) is 3. The number of amides is 1. The van der Waals surface area contributed by atoms with Gasteiger partial charge in [0, 0.05) is 30.0 Å². The molecule has 0 fully saturated rings. The van der Waals surface area contributed by atoms with Crippen LogP contribution in [0.5, 0.6) is 5.75 Å². The van der Waals surface area contributed by atoms with Crippen molar-refractivity contribution in [3.8, 4) is 17.0 Å². The van der Waals surface area contributed by atoms with Gasteiger partial charge in [-0.25, -0.2) is 9.37 Å². The Labute approximate surface area is 171 Å². The van der Waals surface area contributed by atoms with Gasteiger partial charge in [0.15, 0.2) is 11.6 Å². The predicted octanol–water partition coefficient (Wildman–Crippen LogP) is 3.84. The van der Waals surface area contributed by atoms with Crippen LogP contribution in [0.1, 0.15) is 10.4 Å². The Morgan fingerprint density at radius 1 is 1.28 bits per heavy atom. The lowest BCUT2D eigenvalue weighted by Crippen LogP contribution is -2.21. The largest absolute Gasteiger partial charge is 0.486 e. The Morgan fingerprint density at radius 3 is 2.97 bits per heavy atom. The second-order valence-corrected chi connectivity index (χ2v) is 6.69. The lowest BCUT2D eigenvalue weighted by molar-refractivity contribution is 0.0963. The summed E-state index contributed by atoms with van der Waals surface area (Å²) < 4.78 is 20.2. The van der Waals surface area contributed by atoms with Gasteiger partial charge in [-0.05, 0) is 30.3 Å². The highest BCUT2D eigenvalue weighted by atomic mass is 35.5. The van der Waals surface area contributed by atoms with Crippen LogP contribution in [0, 0.1) is 5.82 Å². The Kier molecular flexibility index (Phi) is 5.18. The zero-order valence-corrected chi connectivity index (χ0v) is 16.2. The van der Waals surface area contributed by atoms with Gasteiger partial charge in [0.25, 0.3) is 5.91 Å². The smallest absolute Gasteiger partial charge is 0.254 e. The third-order valence-electron chi connectivity index (χ3n) is 4.38. The molecule has 1 aliphatic heterocycles. The molecular formula is C20H17ClFN5O2. The average molecular weight is 414 g/mol. The van der Waals surface area contributed by atoms with E-state index in [0.717, 1.165) is 0 Å². The van der Waals surface area contributed by atoms with E-state index in [1.165, 1.54) is 24.4 Å². The molecule has 3 heterocycles. The molecule has 0 saturated heterocycles. The van der Waals surface area contributed by atoms with Crippen molar-refractivity contribution >= 4 is 34.7 Å². The van der Waals surface area contributed by atoms with Gasteiger partial charge in [-0.2, -0.15) is 0 Å². The number of hydrogen-bond acceptors (Lipinski definition) is 6. The fourth-order valence-electron chi connectivity index (χ4n) is 3.01. The minimum Gasteiger partial charge on any atom is -0.486 e. The second-order valence-electron chi connectivity index (χ2n) is 6.26.